The third-order valence-electron chi connectivity index (χ3n) is 2.07. The molecule has 88 valence electrons. The van der Waals surface area contributed by atoms with E-state index in [0.717, 1.165) is 0 Å². The molecule has 0 aliphatic heterocycles. The van der Waals surface area contributed by atoms with Crippen LogP contribution in [0.25, 0.3) is 0 Å². The first kappa shape index (κ1) is 11.4. The molecule has 0 bridgehead atoms. The maximum absolute atomic E-state index is 10.8. The highest BCUT2D eigenvalue weighted by Crippen LogP contribution is 2.30. The van der Waals surface area contributed by atoms with Crippen LogP contribution in [-0.4, -0.2) is 9.91 Å². The molecule has 2 heterocycles. The van der Waals surface area contributed by atoms with E-state index in [1.165, 1.54) is 18.5 Å². The summed E-state index contributed by atoms with van der Waals surface area (Å²) in [5.74, 6) is 0.778. The molecule has 1 N–H and O–H groups in total. The first-order valence-electron chi connectivity index (χ1n) is 4.73. The van der Waals surface area contributed by atoms with Crippen molar-refractivity contribution in [2.24, 2.45) is 0 Å². The van der Waals surface area contributed by atoms with Crippen molar-refractivity contribution < 1.29 is 9.34 Å². The predicted octanol–water partition coefficient (Wildman–Crippen LogP) is 2.85. The Labute approximate surface area is 101 Å². The normalized spacial score (nSPS) is 10.2. The molecule has 6 nitrogen and oxygen atoms in total. The fourth-order valence-corrected chi connectivity index (χ4v) is 1.53. The first-order chi connectivity index (χ1) is 8.18. The van der Waals surface area contributed by atoms with Crippen LogP contribution in [0.3, 0.4) is 0 Å². The summed E-state index contributed by atoms with van der Waals surface area (Å²) in [4.78, 5) is 14.1. The van der Waals surface area contributed by atoms with Crippen LogP contribution in [0, 0.1) is 10.1 Å². The van der Waals surface area contributed by atoms with Crippen molar-refractivity contribution in [3.8, 4) is 0 Å². The second-order valence-corrected chi connectivity index (χ2v) is 3.59. The molecule has 0 spiro atoms. The Kier molecular flexibility index (Phi) is 3.24. The van der Waals surface area contributed by atoms with Gasteiger partial charge in [0.25, 0.3) is 0 Å². The number of pyridine rings is 1. The lowest BCUT2D eigenvalue weighted by Gasteiger charge is -2.04. The van der Waals surface area contributed by atoms with Crippen LogP contribution in [0.1, 0.15) is 5.76 Å². The third kappa shape index (κ3) is 2.54. The molecule has 2 aromatic heterocycles. The van der Waals surface area contributed by atoms with E-state index in [0.29, 0.717) is 12.3 Å². The minimum atomic E-state index is -0.570. The zero-order valence-electron chi connectivity index (χ0n) is 8.59. The van der Waals surface area contributed by atoms with Crippen molar-refractivity contribution in [1.29, 1.82) is 0 Å². The summed E-state index contributed by atoms with van der Waals surface area (Å²) in [5.41, 5.74) is -0.235. The van der Waals surface area contributed by atoms with E-state index < -0.39 is 4.92 Å². The summed E-state index contributed by atoms with van der Waals surface area (Å²) in [6, 6.07) is 4.86. The second-order valence-electron chi connectivity index (χ2n) is 3.18. The summed E-state index contributed by atoms with van der Waals surface area (Å²) in [7, 11) is 0. The van der Waals surface area contributed by atoms with Crippen molar-refractivity contribution in [2.45, 2.75) is 6.54 Å². The monoisotopic (exact) mass is 253 g/mol. The average Bonchev–Trinajstić information content (AvgIpc) is 2.78. The van der Waals surface area contributed by atoms with Gasteiger partial charge in [-0.1, -0.05) is 11.6 Å². The van der Waals surface area contributed by atoms with Crippen LogP contribution < -0.4 is 5.32 Å². The summed E-state index contributed by atoms with van der Waals surface area (Å²) < 4.78 is 5.09. The molecule has 0 amide bonds. The Bertz CT molecular complexity index is 528. The smallest absolute Gasteiger partial charge is 0.329 e. The van der Waals surface area contributed by atoms with Gasteiger partial charge in [-0.05, 0) is 18.2 Å². The zero-order valence-corrected chi connectivity index (χ0v) is 9.35. The number of nitrogens with one attached hydrogen (secondary N) is 1. The van der Waals surface area contributed by atoms with Crippen molar-refractivity contribution in [1.82, 2.24) is 4.98 Å². The highest BCUT2D eigenvalue weighted by Gasteiger charge is 2.19. The van der Waals surface area contributed by atoms with Crippen LogP contribution in [0.5, 0.6) is 0 Å². The van der Waals surface area contributed by atoms with Gasteiger partial charge in [-0.3, -0.25) is 10.1 Å². The van der Waals surface area contributed by atoms with Gasteiger partial charge in [0.2, 0.25) is 5.82 Å². The summed E-state index contributed by atoms with van der Waals surface area (Å²) >= 11 is 5.74. The molecular formula is C10H8ClN3O3. The number of rotatable bonds is 4. The molecule has 2 rings (SSSR count). The minimum absolute atomic E-state index is 0.0481. The number of nitro groups is 1. The Morgan fingerprint density at radius 3 is 3.00 bits per heavy atom. The first-order valence-corrected chi connectivity index (χ1v) is 5.11. The van der Waals surface area contributed by atoms with Crippen LogP contribution >= 0.6 is 11.6 Å². The Morgan fingerprint density at radius 1 is 1.53 bits per heavy atom. The molecule has 0 aliphatic carbocycles. The number of furan rings is 1. The Morgan fingerprint density at radius 2 is 2.35 bits per heavy atom. The number of hydrogen-bond acceptors (Lipinski definition) is 5. The van der Waals surface area contributed by atoms with Crippen LogP contribution in [0.4, 0.5) is 11.5 Å². The quantitative estimate of drug-likeness (QED) is 0.669. The highest BCUT2D eigenvalue weighted by atomic mass is 35.5. The number of hydrogen-bond donors (Lipinski definition) is 1. The average molecular weight is 254 g/mol. The molecule has 17 heavy (non-hydrogen) atoms. The lowest BCUT2D eigenvalue weighted by molar-refractivity contribution is -0.384. The van der Waals surface area contributed by atoms with Gasteiger partial charge in [0.1, 0.15) is 10.8 Å². The molecule has 0 fully saturated rings. The van der Waals surface area contributed by atoms with Crippen molar-refractivity contribution in [3.63, 3.8) is 0 Å². The van der Waals surface area contributed by atoms with Gasteiger partial charge in [0.05, 0.1) is 17.7 Å². The summed E-state index contributed by atoms with van der Waals surface area (Å²) in [6.07, 6.45) is 2.93. The van der Waals surface area contributed by atoms with Crippen LogP contribution in [0.2, 0.25) is 5.02 Å². The molecule has 0 atom stereocenters. The fraction of sp³-hybridized carbons (Fsp3) is 0.100. The van der Waals surface area contributed by atoms with Crippen LogP contribution in [-0.2, 0) is 6.54 Å². The summed E-state index contributed by atoms with van der Waals surface area (Å²) in [6.45, 7) is 0.307. The van der Waals surface area contributed by atoms with E-state index in [-0.39, 0.29) is 16.5 Å². The standard InChI is InChI=1S/C10H8ClN3O3/c11-8-3-4-12-10(9(8)14(15)16)13-6-7-2-1-5-17-7/h1-5H,6H2,(H,12,13). The van der Waals surface area contributed by atoms with Crippen molar-refractivity contribution in [2.75, 3.05) is 5.32 Å². The van der Waals surface area contributed by atoms with E-state index in [9.17, 15) is 10.1 Å². The van der Waals surface area contributed by atoms with Gasteiger partial charge >= 0.3 is 5.69 Å². The number of aromatic nitrogens is 1. The Hall–Kier alpha value is -2.08. The number of anilines is 1. The molecule has 0 aliphatic rings. The largest absolute Gasteiger partial charge is 0.467 e. The Balaban J connectivity index is 2.21. The summed E-state index contributed by atoms with van der Waals surface area (Å²) in [5, 5.41) is 13.7. The van der Waals surface area contributed by atoms with Gasteiger partial charge in [-0.25, -0.2) is 4.98 Å². The van der Waals surface area contributed by atoms with Crippen LogP contribution in [0.15, 0.2) is 35.1 Å². The third-order valence-corrected chi connectivity index (χ3v) is 2.37. The van der Waals surface area contributed by atoms with E-state index in [1.54, 1.807) is 12.1 Å². The van der Waals surface area contributed by atoms with E-state index >= 15 is 0 Å². The molecule has 0 radical (unpaired) electrons. The van der Waals surface area contributed by atoms with E-state index in [4.69, 9.17) is 16.0 Å². The van der Waals surface area contributed by atoms with Crippen molar-refractivity contribution in [3.05, 3.63) is 51.6 Å². The predicted molar refractivity (Wildman–Crippen MR) is 61.9 cm³/mol. The minimum Gasteiger partial charge on any atom is -0.467 e. The molecule has 0 aromatic carbocycles. The molecule has 7 heteroatoms. The SMILES string of the molecule is O=[N+]([O-])c1c(Cl)ccnc1NCc1ccco1. The molecular weight excluding hydrogens is 246 g/mol. The number of halogens is 1. The van der Waals surface area contributed by atoms with Gasteiger partial charge in [0, 0.05) is 6.20 Å². The van der Waals surface area contributed by atoms with Gasteiger partial charge < -0.3 is 9.73 Å². The van der Waals surface area contributed by atoms with E-state index in [2.05, 4.69) is 10.3 Å². The zero-order chi connectivity index (χ0) is 12.3. The van der Waals surface area contributed by atoms with E-state index in [1.807, 2.05) is 0 Å². The van der Waals surface area contributed by atoms with Crippen molar-refractivity contribution >= 4 is 23.1 Å². The maximum atomic E-state index is 10.8. The van der Waals surface area contributed by atoms with Gasteiger partial charge in [-0.2, -0.15) is 0 Å². The number of nitrogens with zero attached hydrogens (tertiary/aromatic N) is 2. The molecule has 0 unspecified atom stereocenters. The maximum Gasteiger partial charge on any atom is 0.329 e. The van der Waals surface area contributed by atoms with Gasteiger partial charge in [-0.15, -0.1) is 0 Å². The second kappa shape index (κ2) is 4.84. The highest BCUT2D eigenvalue weighted by molar-refractivity contribution is 6.33. The fourth-order valence-electron chi connectivity index (χ4n) is 1.32. The molecule has 2 aromatic rings. The van der Waals surface area contributed by atoms with Gasteiger partial charge in [0.15, 0.2) is 0 Å². The molecule has 0 saturated carbocycles. The lowest BCUT2D eigenvalue weighted by atomic mass is 10.3. The lowest BCUT2D eigenvalue weighted by Crippen LogP contribution is -2.04. The topological polar surface area (TPSA) is 81.2 Å². The molecule has 0 saturated heterocycles.